The number of hydrogen-bond donors (Lipinski definition) is 1. The first-order chi connectivity index (χ1) is 10.7. The monoisotopic (exact) mass is 299 g/mol. The largest absolute Gasteiger partial charge is 0.355 e. The number of fused-ring (bicyclic) bond motifs is 5. The molecule has 120 valence electrons. The number of nitrogens with one attached hydrogen (secondary N) is 1. The average molecular weight is 299 g/mol. The summed E-state index contributed by atoms with van der Waals surface area (Å²) in [7, 11) is 0. The molecule has 1 amide bonds. The van der Waals surface area contributed by atoms with Gasteiger partial charge in [-0.05, 0) is 105 Å². The number of rotatable bonds is 3. The van der Waals surface area contributed by atoms with Gasteiger partial charge in [0.15, 0.2) is 0 Å². The molecule has 1 N–H and O–H groups in total. The van der Waals surface area contributed by atoms with Gasteiger partial charge in [-0.3, -0.25) is 4.79 Å². The third-order valence-corrected chi connectivity index (χ3v) is 8.88. The van der Waals surface area contributed by atoms with E-state index in [2.05, 4.69) is 5.32 Å². The van der Waals surface area contributed by atoms with Gasteiger partial charge >= 0.3 is 0 Å². The zero-order valence-electron chi connectivity index (χ0n) is 13.6. The summed E-state index contributed by atoms with van der Waals surface area (Å²) in [4.78, 5) is 13.0. The highest BCUT2D eigenvalue weighted by molar-refractivity contribution is 5.83. The van der Waals surface area contributed by atoms with Gasteiger partial charge in [-0.1, -0.05) is 0 Å². The molecule has 6 bridgehead atoms. The molecular formula is C20H29NO. The quantitative estimate of drug-likeness (QED) is 0.847. The molecule has 7 aliphatic rings. The fraction of sp³-hybridized carbons (Fsp3) is 0.950. The van der Waals surface area contributed by atoms with Crippen molar-refractivity contribution in [3.63, 3.8) is 0 Å². The first-order valence-electron chi connectivity index (χ1n) is 9.98. The molecule has 0 radical (unpaired) electrons. The maximum absolute atomic E-state index is 13.0. The third kappa shape index (κ3) is 1.65. The second kappa shape index (κ2) is 4.11. The normalized spacial score (nSPS) is 59.6. The molecule has 7 saturated carbocycles. The van der Waals surface area contributed by atoms with Crippen LogP contribution in [0, 0.1) is 52.8 Å². The summed E-state index contributed by atoms with van der Waals surface area (Å²) >= 11 is 0. The molecule has 0 aromatic rings. The number of carbonyl (C=O) groups is 1. The molecule has 7 fully saturated rings. The van der Waals surface area contributed by atoms with Crippen molar-refractivity contribution in [3.05, 3.63) is 0 Å². The molecular weight excluding hydrogens is 270 g/mol. The van der Waals surface area contributed by atoms with E-state index in [1.165, 1.54) is 57.8 Å². The van der Waals surface area contributed by atoms with E-state index in [0.29, 0.717) is 5.91 Å². The Balaban J connectivity index is 1.14. The van der Waals surface area contributed by atoms with Gasteiger partial charge < -0.3 is 5.32 Å². The predicted octanol–water partition coefficient (Wildman–Crippen LogP) is 3.61. The molecule has 7 rings (SSSR count). The summed E-state index contributed by atoms with van der Waals surface area (Å²) in [5, 5.41) is 3.47. The SMILES string of the molecule is O=C(NC[C@H]1C[C@@H]2C[C@H]1[C@H]1C[C@@H]21)C12CC3CC(CC(C3)C1)C2. The third-order valence-electron chi connectivity index (χ3n) is 8.88. The lowest BCUT2D eigenvalue weighted by Gasteiger charge is -2.55. The second-order valence-corrected chi connectivity index (χ2v) is 10.1. The van der Waals surface area contributed by atoms with Gasteiger partial charge in [0.1, 0.15) is 0 Å². The standard InChI is InChI=1S/C20H29NO/c22-19(20-7-11-1-12(8-20)3-13(2-11)9-20)21-10-15-4-14-5-16(15)18-6-17(14)18/h11-18H,1-10H2,(H,21,22)/t11?,12?,13?,14-,15-,16-,17+,18-,20?/m1/s1. The highest BCUT2D eigenvalue weighted by Gasteiger charge is 2.61. The fourth-order valence-electron chi connectivity index (χ4n) is 8.38. The molecule has 0 saturated heterocycles. The highest BCUT2D eigenvalue weighted by Crippen LogP contribution is 2.67. The van der Waals surface area contributed by atoms with Crippen LogP contribution in [0.1, 0.15) is 57.8 Å². The summed E-state index contributed by atoms with van der Waals surface area (Å²) in [5.41, 5.74) is 0.0640. The van der Waals surface area contributed by atoms with Crippen LogP contribution in [0.15, 0.2) is 0 Å². The maximum atomic E-state index is 13.0. The molecule has 0 spiro atoms. The predicted molar refractivity (Wildman–Crippen MR) is 84.9 cm³/mol. The molecule has 0 aromatic carbocycles. The van der Waals surface area contributed by atoms with E-state index in [1.807, 2.05) is 0 Å². The van der Waals surface area contributed by atoms with Gasteiger partial charge in [0.25, 0.3) is 0 Å². The zero-order chi connectivity index (χ0) is 14.5. The van der Waals surface area contributed by atoms with Gasteiger partial charge in [-0.25, -0.2) is 0 Å². The van der Waals surface area contributed by atoms with Crippen molar-refractivity contribution < 1.29 is 4.79 Å². The molecule has 0 unspecified atom stereocenters. The summed E-state index contributed by atoms with van der Waals surface area (Å²) in [6.45, 7) is 1.00. The number of carbonyl (C=O) groups excluding carboxylic acids is 1. The fourth-order valence-corrected chi connectivity index (χ4v) is 8.38. The Labute approximate surface area is 133 Å². The molecule has 2 nitrogen and oxygen atoms in total. The first-order valence-corrected chi connectivity index (χ1v) is 9.98. The Morgan fingerprint density at radius 3 is 2.09 bits per heavy atom. The molecule has 7 aliphatic carbocycles. The van der Waals surface area contributed by atoms with Crippen LogP contribution in [0.5, 0.6) is 0 Å². The topological polar surface area (TPSA) is 29.1 Å². The Bertz CT molecular complexity index is 491. The summed E-state index contributed by atoms with van der Waals surface area (Å²) in [5.74, 6) is 8.13. The van der Waals surface area contributed by atoms with Crippen LogP contribution >= 0.6 is 0 Å². The van der Waals surface area contributed by atoms with E-state index >= 15 is 0 Å². The van der Waals surface area contributed by atoms with Gasteiger partial charge in [-0.15, -0.1) is 0 Å². The van der Waals surface area contributed by atoms with Crippen LogP contribution in [0.4, 0.5) is 0 Å². The Kier molecular flexibility index (Phi) is 2.40. The van der Waals surface area contributed by atoms with Crippen LogP contribution in [-0.4, -0.2) is 12.5 Å². The average Bonchev–Trinajstić information content (AvgIpc) is 3.09. The van der Waals surface area contributed by atoms with E-state index in [0.717, 1.165) is 53.9 Å². The minimum absolute atomic E-state index is 0.0640. The van der Waals surface area contributed by atoms with Crippen molar-refractivity contribution in [2.75, 3.05) is 6.54 Å². The van der Waals surface area contributed by atoms with Crippen LogP contribution in [0.2, 0.25) is 0 Å². The van der Waals surface area contributed by atoms with E-state index in [1.54, 1.807) is 0 Å². The summed E-state index contributed by atoms with van der Waals surface area (Å²) in [6, 6.07) is 0. The molecule has 0 heterocycles. The molecule has 0 aromatic heterocycles. The Morgan fingerprint density at radius 2 is 1.50 bits per heavy atom. The Morgan fingerprint density at radius 1 is 0.818 bits per heavy atom. The molecule has 5 atom stereocenters. The van der Waals surface area contributed by atoms with Gasteiger partial charge in [0.05, 0.1) is 0 Å². The van der Waals surface area contributed by atoms with E-state index in [9.17, 15) is 4.79 Å². The van der Waals surface area contributed by atoms with Crippen molar-refractivity contribution in [2.45, 2.75) is 57.8 Å². The second-order valence-electron chi connectivity index (χ2n) is 10.1. The lowest BCUT2D eigenvalue weighted by atomic mass is 9.49. The van der Waals surface area contributed by atoms with Gasteiger partial charge in [0.2, 0.25) is 5.91 Å². The van der Waals surface area contributed by atoms with Crippen molar-refractivity contribution in [2.24, 2.45) is 52.8 Å². The van der Waals surface area contributed by atoms with Crippen molar-refractivity contribution in [3.8, 4) is 0 Å². The first kappa shape index (κ1) is 12.8. The minimum atomic E-state index is 0.0640. The van der Waals surface area contributed by atoms with Crippen LogP contribution in [-0.2, 0) is 4.79 Å². The smallest absolute Gasteiger partial charge is 0.226 e. The van der Waals surface area contributed by atoms with Gasteiger partial charge in [-0.2, -0.15) is 0 Å². The van der Waals surface area contributed by atoms with Crippen LogP contribution in [0.25, 0.3) is 0 Å². The summed E-state index contributed by atoms with van der Waals surface area (Å²) in [6.07, 6.45) is 12.4. The van der Waals surface area contributed by atoms with Crippen LogP contribution < -0.4 is 5.32 Å². The number of hydrogen-bond acceptors (Lipinski definition) is 1. The maximum Gasteiger partial charge on any atom is 0.226 e. The van der Waals surface area contributed by atoms with Crippen LogP contribution in [0.3, 0.4) is 0 Å². The molecule has 2 heteroatoms. The van der Waals surface area contributed by atoms with E-state index in [4.69, 9.17) is 0 Å². The van der Waals surface area contributed by atoms with Crippen molar-refractivity contribution in [1.29, 1.82) is 0 Å². The van der Waals surface area contributed by atoms with E-state index < -0.39 is 0 Å². The highest BCUT2D eigenvalue weighted by atomic mass is 16.2. The lowest BCUT2D eigenvalue weighted by Crippen LogP contribution is -2.54. The van der Waals surface area contributed by atoms with Crippen molar-refractivity contribution >= 4 is 5.91 Å². The zero-order valence-corrected chi connectivity index (χ0v) is 13.6. The minimum Gasteiger partial charge on any atom is -0.355 e. The Hall–Kier alpha value is -0.530. The molecule has 0 aliphatic heterocycles. The number of amides is 1. The summed E-state index contributed by atoms with van der Waals surface area (Å²) < 4.78 is 0. The molecule has 22 heavy (non-hydrogen) atoms. The lowest BCUT2D eigenvalue weighted by molar-refractivity contribution is -0.146. The van der Waals surface area contributed by atoms with E-state index in [-0.39, 0.29) is 5.41 Å². The van der Waals surface area contributed by atoms with Crippen molar-refractivity contribution in [1.82, 2.24) is 5.32 Å². The van der Waals surface area contributed by atoms with Gasteiger partial charge in [0, 0.05) is 12.0 Å².